The van der Waals surface area contributed by atoms with E-state index in [1.54, 1.807) is 18.9 Å². The van der Waals surface area contributed by atoms with Gasteiger partial charge in [0.2, 0.25) is 0 Å². The average Bonchev–Trinajstić information content (AvgIpc) is 2.86. The molecule has 0 radical (unpaired) electrons. The van der Waals surface area contributed by atoms with E-state index in [-0.39, 0.29) is 11.7 Å². The third-order valence-corrected chi connectivity index (χ3v) is 7.62. The minimum Gasteiger partial charge on any atom is -0.496 e. The molecule has 0 spiro atoms. The predicted octanol–water partition coefficient (Wildman–Crippen LogP) is 6.01. The Morgan fingerprint density at radius 2 is 1.89 bits per heavy atom. The topological polar surface area (TPSA) is 64.6 Å². The van der Waals surface area contributed by atoms with Crippen LogP contribution in [0.2, 0.25) is 5.02 Å². The number of esters is 1. The fourth-order valence-corrected chi connectivity index (χ4v) is 5.53. The normalized spacial score (nSPS) is 19.8. The first-order valence-corrected chi connectivity index (χ1v) is 13.3. The van der Waals surface area contributed by atoms with Crippen LogP contribution in [0.4, 0.5) is 0 Å². The first-order valence-electron chi connectivity index (χ1n) is 11.8. The van der Waals surface area contributed by atoms with Crippen LogP contribution in [0, 0.1) is 0 Å². The summed E-state index contributed by atoms with van der Waals surface area (Å²) in [6.07, 6.45) is 1.03. The molecule has 4 rings (SSSR count). The molecule has 2 aromatic carbocycles. The van der Waals surface area contributed by atoms with Crippen molar-refractivity contribution >= 4 is 35.1 Å². The van der Waals surface area contributed by atoms with E-state index in [1.807, 2.05) is 55.5 Å². The minimum atomic E-state index is -0.549. The maximum Gasteiger partial charge on any atom is 0.336 e. The Hall–Kier alpha value is -2.70. The number of halogens is 1. The van der Waals surface area contributed by atoms with Crippen LogP contribution in [0.3, 0.4) is 0 Å². The number of thioether (sulfide) groups is 1. The van der Waals surface area contributed by atoms with E-state index in [0.29, 0.717) is 47.1 Å². The molecule has 0 saturated heterocycles. The Bertz CT molecular complexity index is 1170. The number of dihydropyridines is 1. The van der Waals surface area contributed by atoms with Gasteiger partial charge in [0.25, 0.3) is 0 Å². The molecule has 1 heterocycles. The van der Waals surface area contributed by atoms with Crippen molar-refractivity contribution in [2.75, 3.05) is 25.2 Å². The van der Waals surface area contributed by atoms with Crippen molar-refractivity contribution in [1.82, 2.24) is 5.32 Å². The van der Waals surface area contributed by atoms with Crippen LogP contribution in [-0.4, -0.2) is 37.0 Å². The van der Waals surface area contributed by atoms with Gasteiger partial charge in [-0.05, 0) is 48.8 Å². The number of carbonyl (C=O) groups excluding carboxylic acids is 2. The smallest absolute Gasteiger partial charge is 0.336 e. The van der Waals surface area contributed by atoms with Crippen LogP contribution in [0.25, 0.3) is 0 Å². The number of hydrogen-bond donors (Lipinski definition) is 1. The number of nitrogens with one attached hydrogen (secondary N) is 1. The summed E-state index contributed by atoms with van der Waals surface area (Å²) >= 11 is 7.79. The minimum absolute atomic E-state index is 0.0222. The quantitative estimate of drug-likeness (QED) is 0.346. The van der Waals surface area contributed by atoms with Gasteiger partial charge in [-0.3, -0.25) is 4.79 Å². The van der Waals surface area contributed by atoms with Gasteiger partial charge >= 0.3 is 5.97 Å². The summed E-state index contributed by atoms with van der Waals surface area (Å²) in [5.41, 5.74) is 4.51. The maximum atomic E-state index is 13.7. The molecule has 0 unspecified atom stereocenters. The number of hydrogen-bond acceptors (Lipinski definition) is 6. The number of ketones is 1. The number of para-hydroxylation sites is 1. The summed E-state index contributed by atoms with van der Waals surface area (Å²) < 4.78 is 11.3. The van der Waals surface area contributed by atoms with Crippen LogP contribution in [0.15, 0.2) is 71.1 Å². The second-order valence-electron chi connectivity index (χ2n) is 8.64. The van der Waals surface area contributed by atoms with E-state index in [9.17, 15) is 9.59 Å². The van der Waals surface area contributed by atoms with Gasteiger partial charge < -0.3 is 14.8 Å². The van der Waals surface area contributed by atoms with Crippen molar-refractivity contribution < 1.29 is 19.1 Å². The molecule has 0 fully saturated rings. The van der Waals surface area contributed by atoms with Crippen LogP contribution in [-0.2, 0) is 14.3 Å². The van der Waals surface area contributed by atoms with E-state index < -0.39 is 11.9 Å². The predicted molar refractivity (Wildman–Crippen MR) is 141 cm³/mol. The fraction of sp³-hybridized carbons (Fsp3) is 0.357. The van der Waals surface area contributed by atoms with Crippen LogP contribution in [0.5, 0.6) is 5.75 Å². The maximum absolute atomic E-state index is 13.7. The van der Waals surface area contributed by atoms with E-state index in [0.717, 1.165) is 28.3 Å². The molecule has 0 saturated carbocycles. The standard InChI is InChI=1S/C28H30ClNO4S/c1-4-35-14-13-34-28(32)25-17(2)30-22-15-19(18-9-11-20(29)12-10-18)16-23(31)27(22)26(25)21-7-5-6-8-24(21)33-3/h5-12,19,26,30H,4,13-16H2,1-3H3/t19-,26+/m1/s1. The second kappa shape index (κ2) is 11.4. The lowest BCUT2D eigenvalue weighted by atomic mass is 9.71. The summed E-state index contributed by atoms with van der Waals surface area (Å²) in [6, 6.07) is 15.2. The first kappa shape index (κ1) is 25.4. The van der Waals surface area contributed by atoms with Crippen molar-refractivity contribution in [1.29, 1.82) is 0 Å². The summed E-state index contributed by atoms with van der Waals surface area (Å²) in [4.78, 5) is 27.0. The zero-order valence-corrected chi connectivity index (χ0v) is 21.8. The van der Waals surface area contributed by atoms with Gasteiger partial charge in [0.15, 0.2) is 5.78 Å². The Balaban J connectivity index is 1.74. The lowest BCUT2D eigenvalue weighted by Crippen LogP contribution is -2.36. The SMILES string of the molecule is CCSCCOC(=O)C1=C(C)NC2=C(C(=O)C[C@H](c3ccc(Cl)cc3)C2)[C@H]1c1ccccc1OC. The number of rotatable bonds is 8. The van der Waals surface area contributed by atoms with Crippen LogP contribution < -0.4 is 10.1 Å². The van der Waals surface area contributed by atoms with Crippen molar-refractivity contribution in [3.05, 3.63) is 87.2 Å². The molecule has 2 aliphatic rings. The molecule has 0 aromatic heterocycles. The van der Waals surface area contributed by atoms with Gasteiger partial charge in [-0.2, -0.15) is 11.8 Å². The van der Waals surface area contributed by atoms with Crippen LogP contribution >= 0.6 is 23.4 Å². The Morgan fingerprint density at radius 3 is 2.60 bits per heavy atom. The lowest BCUT2D eigenvalue weighted by molar-refractivity contribution is -0.138. The summed E-state index contributed by atoms with van der Waals surface area (Å²) in [6.45, 7) is 4.27. The average molecular weight is 512 g/mol. The first-order chi connectivity index (χ1) is 16.9. The van der Waals surface area contributed by atoms with Gasteiger partial charge in [-0.25, -0.2) is 4.79 Å². The molecule has 1 N–H and O–H groups in total. The van der Waals surface area contributed by atoms with Crippen molar-refractivity contribution in [2.45, 2.75) is 38.5 Å². The molecule has 2 aromatic rings. The molecule has 0 bridgehead atoms. The molecule has 2 atom stereocenters. The number of methoxy groups -OCH3 is 1. The second-order valence-corrected chi connectivity index (χ2v) is 10.5. The fourth-order valence-electron chi connectivity index (χ4n) is 4.91. The number of ether oxygens (including phenoxy) is 2. The Labute approximate surface area is 215 Å². The molecule has 184 valence electrons. The highest BCUT2D eigenvalue weighted by atomic mass is 35.5. The summed E-state index contributed by atoms with van der Waals surface area (Å²) in [5, 5.41) is 4.06. The zero-order chi connectivity index (χ0) is 24.9. The molecule has 7 heteroatoms. The van der Waals surface area contributed by atoms with Gasteiger partial charge in [-0.15, -0.1) is 0 Å². The molecule has 1 aliphatic carbocycles. The highest BCUT2D eigenvalue weighted by Crippen LogP contribution is 2.47. The highest BCUT2D eigenvalue weighted by Gasteiger charge is 2.42. The largest absolute Gasteiger partial charge is 0.496 e. The van der Waals surface area contributed by atoms with Crippen molar-refractivity contribution in [3.63, 3.8) is 0 Å². The third-order valence-electron chi connectivity index (χ3n) is 6.50. The van der Waals surface area contributed by atoms with Crippen molar-refractivity contribution in [3.8, 4) is 5.75 Å². The third kappa shape index (κ3) is 5.44. The number of carbonyl (C=O) groups is 2. The number of Topliss-reactive ketones (excluding diaryl/α,β-unsaturated/α-hetero) is 1. The van der Waals surface area contributed by atoms with Gasteiger partial charge in [0, 0.05) is 39.7 Å². The van der Waals surface area contributed by atoms with Crippen LogP contribution in [0.1, 0.15) is 49.7 Å². The molecule has 35 heavy (non-hydrogen) atoms. The van der Waals surface area contributed by atoms with E-state index in [2.05, 4.69) is 12.2 Å². The molecule has 0 amide bonds. The Kier molecular flexibility index (Phi) is 8.24. The highest BCUT2D eigenvalue weighted by molar-refractivity contribution is 7.99. The molecule has 1 aliphatic heterocycles. The van der Waals surface area contributed by atoms with E-state index in [4.69, 9.17) is 21.1 Å². The van der Waals surface area contributed by atoms with E-state index >= 15 is 0 Å². The molecular weight excluding hydrogens is 482 g/mol. The van der Waals surface area contributed by atoms with Crippen molar-refractivity contribution in [2.24, 2.45) is 0 Å². The molecular formula is C28H30ClNO4S. The van der Waals surface area contributed by atoms with Gasteiger partial charge in [0.05, 0.1) is 18.6 Å². The summed E-state index contributed by atoms with van der Waals surface area (Å²) in [7, 11) is 1.60. The van der Waals surface area contributed by atoms with Gasteiger partial charge in [-0.1, -0.05) is 48.9 Å². The number of benzene rings is 2. The Morgan fingerprint density at radius 1 is 1.14 bits per heavy atom. The summed E-state index contributed by atoms with van der Waals surface area (Å²) in [5.74, 6) is 1.44. The molecule has 5 nitrogen and oxygen atoms in total. The van der Waals surface area contributed by atoms with E-state index in [1.165, 1.54) is 0 Å². The van der Waals surface area contributed by atoms with Gasteiger partial charge in [0.1, 0.15) is 12.4 Å². The zero-order valence-electron chi connectivity index (χ0n) is 20.2. The number of allylic oxidation sites excluding steroid dienone is 3. The monoisotopic (exact) mass is 511 g/mol. The lowest BCUT2D eigenvalue weighted by Gasteiger charge is -2.37.